The third-order valence-corrected chi connectivity index (χ3v) is 15.7. The number of amides is 4. The highest BCUT2D eigenvalue weighted by atomic mass is 32.2. The zero-order valence-corrected chi connectivity index (χ0v) is 37.1. The molecule has 2 aromatic rings. The van der Waals surface area contributed by atoms with E-state index in [1.807, 2.05) is 24.3 Å². The number of carbonyl (C=O) groups excluding carboxylic acids is 7. The van der Waals surface area contributed by atoms with Gasteiger partial charge in [-0.3, -0.25) is 38.5 Å². The lowest BCUT2D eigenvalue weighted by atomic mass is 9.44. The lowest BCUT2D eigenvalue weighted by Gasteiger charge is -2.63. The number of alkyl halides is 2. The molecule has 8 rings (SSSR count). The van der Waals surface area contributed by atoms with Crippen molar-refractivity contribution in [2.24, 2.45) is 28.6 Å². The minimum absolute atomic E-state index is 0.00111. The van der Waals surface area contributed by atoms with E-state index in [4.69, 9.17) is 9.47 Å². The number of benzene rings is 2. The number of imide groups is 1. The number of rotatable bonds is 14. The standard InChI is InChI=1S/C48H51F2N3O11S/c1-25(19-36(56)26(2)51-40(59)16-18-53-41(60)13-14-42(53)61)43(62)52-28-7-11-31(12-8-28)65-30-9-5-27(6-10-30)44-63-39-22-32-33-21-35(49)34-20-29(55)15-17-45(34,3)47(33,50)37(57)23-46(32,4)48(39,64-44)38(58)24-54/h5-15,17,20,25-26,32-33,35,37,39,44,54,57H,16,18-19,21-24H2,1-4H3,(H,51,59)(H,52,62)/t25-,26+,32+,33+,35+,37+,39-,44-,45+,46+,47+,48-/m1/s1. The molecule has 2 aromatic carbocycles. The molecule has 0 bridgehead atoms. The van der Waals surface area contributed by atoms with Gasteiger partial charge in [0, 0.05) is 75.2 Å². The van der Waals surface area contributed by atoms with Crippen molar-refractivity contribution in [3.05, 3.63) is 90.0 Å². The summed E-state index contributed by atoms with van der Waals surface area (Å²) >= 11 is 1.44. The Morgan fingerprint density at radius 1 is 0.938 bits per heavy atom. The number of hydrogen-bond acceptors (Lipinski definition) is 12. The van der Waals surface area contributed by atoms with Crippen molar-refractivity contribution < 1.29 is 62.0 Å². The monoisotopic (exact) mass is 915 g/mol. The minimum atomic E-state index is -2.35. The molecule has 12 atom stereocenters. The fraction of sp³-hybridized carbons (Fsp3) is 0.479. The van der Waals surface area contributed by atoms with E-state index in [1.165, 1.54) is 37.8 Å². The molecule has 0 unspecified atom stereocenters. The summed E-state index contributed by atoms with van der Waals surface area (Å²) in [6.07, 6.45) is -0.0102. The van der Waals surface area contributed by atoms with Gasteiger partial charge in [-0.05, 0) is 93.2 Å². The number of halogens is 2. The Bertz CT molecular complexity index is 2410. The molecule has 4 amide bonds. The Morgan fingerprint density at radius 2 is 1.58 bits per heavy atom. The first-order valence-corrected chi connectivity index (χ1v) is 22.6. The zero-order valence-electron chi connectivity index (χ0n) is 36.3. The second-order valence-electron chi connectivity index (χ2n) is 18.4. The number of allylic oxidation sites excluding steroid dienone is 4. The number of aliphatic hydroxyl groups is 2. The van der Waals surface area contributed by atoms with Gasteiger partial charge in [-0.2, -0.15) is 0 Å². The van der Waals surface area contributed by atoms with Gasteiger partial charge in [0.25, 0.3) is 11.8 Å². The fourth-order valence-corrected chi connectivity index (χ4v) is 12.1. The van der Waals surface area contributed by atoms with E-state index in [9.17, 15) is 43.8 Å². The average Bonchev–Trinajstić information content (AvgIpc) is 3.90. The number of carbonyl (C=O) groups is 7. The molecule has 6 aliphatic rings. The Kier molecular flexibility index (Phi) is 12.3. The molecule has 0 aromatic heterocycles. The SMILES string of the molecule is C[C@H](CC(=O)[C@H](C)NC(=O)CCN1C(=O)C=CC1=O)C(=O)Nc1ccc(Sc2ccc([C@@H]3O[C@@H]4C[C@H]5[C@@H]6C[C@H](F)C7=CC(=O)C=C[C@]7(C)[C@@]6(F)[C@@H](O)C[C@]5(C)[C@]4(C(=O)CO)O3)cc2)cc1. The number of ether oxygens (including phenoxy) is 2. The van der Waals surface area contributed by atoms with Crippen LogP contribution in [0.2, 0.25) is 0 Å². The number of ketones is 3. The zero-order chi connectivity index (χ0) is 46.8. The Hall–Kier alpha value is -5.20. The van der Waals surface area contributed by atoms with Crippen LogP contribution in [0.4, 0.5) is 14.5 Å². The highest BCUT2D eigenvalue weighted by Crippen LogP contribution is 2.72. The first-order valence-electron chi connectivity index (χ1n) is 21.7. The molecule has 4 aliphatic carbocycles. The van der Waals surface area contributed by atoms with Crippen molar-refractivity contribution >= 4 is 58.4 Å². The molecule has 14 nitrogen and oxygen atoms in total. The van der Waals surface area contributed by atoms with E-state index >= 15 is 8.78 Å². The summed E-state index contributed by atoms with van der Waals surface area (Å²) < 4.78 is 46.7. The van der Waals surface area contributed by atoms with Crippen molar-refractivity contribution in [1.82, 2.24) is 10.2 Å². The second-order valence-corrected chi connectivity index (χ2v) is 19.6. The van der Waals surface area contributed by atoms with Crippen LogP contribution in [-0.4, -0.2) is 105 Å². The van der Waals surface area contributed by atoms with Gasteiger partial charge < -0.3 is 30.3 Å². The molecule has 2 aliphatic heterocycles. The molecule has 65 heavy (non-hydrogen) atoms. The highest BCUT2D eigenvalue weighted by molar-refractivity contribution is 7.99. The number of Topliss-reactive ketones (excluding diaryl/α,β-unsaturated/α-hetero) is 2. The summed E-state index contributed by atoms with van der Waals surface area (Å²) in [5.41, 5.74) is -5.85. The molecule has 344 valence electrons. The molecule has 0 radical (unpaired) electrons. The Labute approximate surface area is 378 Å². The van der Waals surface area contributed by atoms with Crippen molar-refractivity contribution in [2.75, 3.05) is 18.5 Å². The van der Waals surface area contributed by atoms with Crippen molar-refractivity contribution in [3.63, 3.8) is 0 Å². The van der Waals surface area contributed by atoms with Gasteiger partial charge in [-0.25, -0.2) is 8.78 Å². The largest absolute Gasteiger partial charge is 0.390 e. The summed E-state index contributed by atoms with van der Waals surface area (Å²) in [6.45, 7) is 5.35. The van der Waals surface area contributed by atoms with Gasteiger partial charge >= 0.3 is 0 Å². The summed E-state index contributed by atoms with van der Waals surface area (Å²) in [7, 11) is 0. The normalized spacial score (nSPS) is 34.2. The molecule has 3 saturated carbocycles. The first kappa shape index (κ1) is 46.3. The van der Waals surface area contributed by atoms with Gasteiger partial charge in [0.2, 0.25) is 11.8 Å². The van der Waals surface area contributed by atoms with E-state index in [0.29, 0.717) is 11.3 Å². The molecule has 4 fully saturated rings. The van der Waals surface area contributed by atoms with Crippen LogP contribution in [0.5, 0.6) is 0 Å². The molecule has 4 N–H and O–H groups in total. The van der Waals surface area contributed by atoms with Crippen LogP contribution in [0.15, 0.2) is 94.3 Å². The van der Waals surface area contributed by atoms with E-state index in [0.717, 1.165) is 32.9 Å². The van der Waals surface area contributed by atoms with Crippen LogP contribution >= 0.6 is 11.8 Å². The molecule has 17 heteroatoms. The van der Waals surface area contributed by atoms with Gasteiger partial charge in [0.15, 0.2) is 34.9 Å². The molecule has 2 heterocycles. The van der Waals surface area contributed by atoms with Crippen LogP contribution in [0.25, 0.3) is 0 Å². The highest BCUT2D eigenvalue weighted by Gasteiger charge is 2.80. The van der Waals surface area contributed by atoms with Crippen LogP contribution in [0, 0.1) is 28.6 Å². The van der Waals surface area contributed by atoms with Gasteiger partial charge in [0.1, 0.15) is 12.8 Å². The van der Waals surface area contributed by atoms with E-state index in [-0.39, 0.29) is 50.0 Å². The predicted octanol–water partition coefficient (Wildman–Crippen LogP) is 4.83. The maximum atomic E-state index is 17.7. The maximum Gasteiger partial charge on any atom is 0.253 e. The topological polar surface area (TPSA) is 206 Å². The van der Waals surface area contributed by atoms with Crippen molar-refractivity contribution in [1.29, 1.82) is 0 Å². The second kappa shape index (κ2) is 17.2. The predicted molar refractivity (Wildman–Crippen MR) is 230 cm³/mol. The number of anilines is 1. The Balaban J connectivity index is 0.866. The lowest BCUT2D eigenvalue weighted by Crippen LogP contribution is -2.70. The summed E-state index contributed by atoms with van der Waals surface area (Å²) in [4.78, 5) is 90.3. The molecule has 1 saturated heterocycles. The number of nitrogens with one attached hydrogen (secondary N) is 2. The van der Waals surface area contributed by atoms with E-state index < -0.39 is 112 Å². The number of nitrogens with zero attached hydrogens (tertiary/aromatic N) is 1. The summed E-state index contributed by atoms with van der Waals surface area (Å²) in [5, 5.41) is 27.4. The van der Waals surface area contributed by atoms with Gasteiger partial charge in [0.05, 0.1) is 18.2 Å². The third-order valence-electron chi connectivity index (χ3n) is 14.7. The Morgan fingerprint density at radius 3 is 2.23 bits per heavy atom. The quantitative estimate of drug-likeness (QED) is 0.188. The van der Waals surface area contributed by atoms with Crippen LogP contribution < -0.4 is 10.6 Å². The maximum absolute atomic E-state index is 17.7. The number of hydrogen-bond donors (Lipinski definition) is 4. The third kappa shape index (κ3) is 7.72. The molecule has 0 spiro atoms. The van der Waals surface area contributed by atoms with Crippen LogP contribution in [-0.2, 0) is 43.0 Å². The fourth-order valence-electron chi connectivity index (χ4n) is 11.2. The first-order chi connectivity index (χ1) is 30.7. The van der Waals surface area contributed by atoms with E-state index in [2.05, 4.69) is 10.6 Å². The number of aliphatic hydroxyl groups excluding tert-OH is 2. The van der Waals surface area contributed by atoms with Gasteiger partial charge in [-0.15, -0.1) is 0 Å². The lowest BCUT2D eigenvalue weighted by molar-refractivity contribution is -0.235. The van der Waals surface area contributed by atoms with Crippen LogP contribution in [0.3, 0.4) is 0 Å². The van der Waals surface area contributed by atoms with Crippen molar-refractivity contribution in [2.45, 2.75) is 112 Å². The number of fused-ring (bicyclic) bond motifs is 7. The average molecular weight is 916 g/mol. The van der Waals surface area contributed by atoms with Crippen molar-refractivity contribution in [3.8, 4) is 0 Å². The molecular weight excluding hydrogens is 865 g/mol. The van der Waals surface area contributed by atoms with Gasteiger partial charge in [-0.1, -0.05) is 43.8 Å². The smallest absolute Gasteiger partial charge is 0.253 e. The molecular formula is C48H51F2N3O11S. The minimum Gasteiger partial charge on any atom is -0.390 e. The van der Waals surface area contributed by atoms with E-state index in [1.54, 1.807) is 38.1 Å². The summed E-state index contributed by atoms with van der Waals surface area (Å²) in [6, 6.07) is 13.5. The summed E-state index contributed by atoms with van der Waals surface area (Å²) in [5.74, 6) is -5.80. The van der Waals surface area contributed by atoms with Crippen LogP contribution in [0.1, 0.15) is 71.7 Å².